The molecule has 5 heteroatoms. The average Bonchev–Trinajstić information content (AvgIpc) is 2.86. The van der Waals surface area contributed by atoms with Crippen LogP contribution in [0.2, 0.25) is 0 Å². The summed E-state index contributed by atoms with van der Waals surface area (Å²) in [6.07, 6.45) is 0. The van der Waals surface area contributed by atoms with Crippen molar-refractivity contribution >= 4 is 11.0 Å². The van der Waals surface area contributed by atoms with Gasteiger partial charge in [-0.05, 0) is 31.2 Å². The minimum Gasteiger partial charge on any atom is -0.497 e. The SMILES string of the molecule is COc1ccc2c(C[NH2+]Cc3ccc(C)n3C)cc(=O)oc2c1. The van der Waals surface area contributed by atoms with Gasteiger partial charge in [0.25, 0.3) is 0 Å². The third-order valence-corrected chi connectivity index (χ3v) is 4.23. The highest BCUT2D eigenvalue weighted by Gasteiger charge is 2.09. The Labute approximate surface area is 134 Å². The molecular formula is C18H21N2O3+. The largest absolute Gasteiger partial charge is 0.497 e. The standard InChI is InChI=1S/C18H20N2O3/c1-12-4-5-14(20(12)2)11-19-10-13-8-18(21)23-17-9-15(22-3)6-7-16(13)17/h4-9,19H,10-11H2,1-3H3/p+1. The van der Waals surface area contributed by atoms with Crippen LogP contribution in [0.4, 0.5) is 0 Å². The zero-order valence-electron chi connectivity index (χ0n) is 13.6. The van der Waals surface area contributed by atoms with Gasteiger partial charge in [-0.15, -0.1) is 0 Å². The Balaban J connectivity index is 1.82. The lowest BCUT2D eigenvalue weighted by Crippen LogP contribution is -2.81. The molecule has 0 aliphatic carbocycles. The number of ether oxygens (including phenoxy) is 1. The summed E-state index contributed by atoms with van der Waals surface area (Å²) < 4.78 is 12.6. The lowest BCUT2D eigenvalue weighted by molar-refractivity contribution is -0.686. The first-order valence-electron chi connectivity index (χ1n) is 7.62. The molecule has 0 saturated carbocycles. The Morgan fingerprint density at radius 2 is 2.00 bits per heavy atom. The first kappa shape index (κ1) is 15.4. The van der Waals surface area contributed by atoms with Gasteiger partial charge in [0.1, 0.15) is 24.4 Å². The van der Waals surface area contributed by atoms with Crippen LogP contribution < -0.4 is 15.7 Å². The second-order valence-electron chi connectivity index (χ2n) is 5.67. The van der Waals surface area contributed by atoms with Gasteiger partial charge in [-0.1, -0.05) is 0 Å². The van der Waals surface area contributed by atoms with Crippen molar-refractivity contribution in [3.05, 3.63) is 63.8 Å². The van der Waals surface area contributed by atoms with E-state index in [0.717, 1.165) is 24.0 Å². The lowest BCUT2D eigenvalue weighted by Gasteiger charge is -2.07. The van der Waals surface area contributed by atoms with E-state index >= 15 is 0 Å². The second kappa shape index (κ2) is 6.30. The van der Waals surface area contributed by atoms with Gasteiger partial charge in [0.05, 0.1) is 12.8 Å². The second-order valence-corrected chi connectivity index (χ2v) is 5.67. The highest BCUT2D eigenvalue weighted by molar-refractivity contribution is 5.81. The molecule has 5 nitrogen and oxygen atoms in total. The number of methoxy groups -OCH3 is 1. The molecular weight excluding hydrogens is 292 g/mol. The smallest absolute Gasteiger partial charge is 0.336 e. The monoisotopic (exact) mass is 313 g/mol. The topological polar surface area (TPSA) is 61.0 Å². The Kier molecular flexibility index (Phi) is 4.21. The number of fused-ring (bicyclic) bond motifs is 1. The van der Waals surface area contributed by atoms with E-state index in [0.29, 0.717) is 11.3 Å². The summed E-state index contributed by atoms with van der Waals surface area (Å²) in [6, 6.07) is 11.4. The van der Waals surface area contributed by atoms with Crippen LogP contribution in [-0.2, 0) is 20.1 Å². The number of rotatable bonds is 5. The number of nitrogens with zero attached hydrogens (tertiary/aromatic N) is 1. The van der Waals surface area contributed by atoms with Crippen LogP contribution in [0, 0.1) is 6.92 Å². The molecule has 0 atom stereocenters. The summed E-state index contributed by atoms with van der Waals surface area (Å²) in [6.45, 7) is 3.67. The van der Waals surface area contributed by atoms with Gasteiger partial charge in [0, 0.05) is 35.8 Å². The number of hydrogen-bond acceptors (Lipinski definition) is 3. The first-order valence-corrected chi connectivity index (χ1v) is 7.62. The zero-order chi connectivity index (χ0) is 16.4. The van der Waals surface area contributed by atoms with Crippen LogP contribution in [0.5, 0.6) is 5.75 Å². The third-order valence-electron chi connectivity index (χ3n) is 4.23. The van der Waals surface area contributed by atoms with Crippen molar-refractivity contribution in [2.75, 3.05) is 7.11 Å². The van der Waals surface area contributed by atoms with Gasteiger partial charge in [0.15, 0.2) is 0 Å². The molecule has 0 fully saturated rings. The molecule has 0 spiro atoms. The van der Waals surface area contributed by atoms with Crippen molar-refractivity contribution in [3.63, 3.8) is 0 Å². The normalized spacial score (nSPS) is 11.1. The fraction of sp³-hybridized carbons (Fsp3) is 0.278. The quantitative estimate of drug-likeness (QED) is 0.730. The molecule has 0 unspecified atom stereocenters. The van der Waals surface area contributed by atoms with Crippen LogP contribution >= 0.6 is 0 Å². The van der Waals surface area contributed by atoms with Crippen molar-refractivity contribution in [3.8, 4) is 5.75 Å². The van der Waals surface area contributed by atoms with E-state index in [1.165, 1.54) is 11.4 Å². The van der Waals surface area contributed by atoms with Gasteiger partial charge in [-0.2, -0.15) is 0 Å². The molecule has 0 radical (unpaired) electrons. The molecule has 0 aliphatic rings. The Morgan fingerprint density at radius 3 is 2.70 bits per heavy atom. The Hall–Kier alpha value is -2.53. The van der Waals surface area contributed by atoms with Crippen LogP contribution in [0.3, 0.4) is 0 Å². The van der Waals surface area contributed by atoms with Gasteiger partial charge >= 0.3 is 5.63 Å². The summed E-state index contributed by atoms with van der Waals surface area (Å²) >= 11 is 0. The van der Waals surface area contributed by atoms with Crippen molar-refractivity contribution in [2.24, 2.45) is 7.05 Å². The van der Waals surface area contributed by atoms with E-state index in [9.17, 15) is 4.79 Å². The fourth-order valence-corrected chi connectivity index (χ4v) is 2.75. The third kappa shape index (κ3) is 3.14. The highest BCUT2D eigenvalue weighted by atomic mass is 16.5. The van der Waals surface area contributed by atoms with Crippen molar-refractivity contribution in [1.29, 1.82) is 0 Å². The number of hydrogen-bond donors (Lipinski definition) is 1. The van der Waals surface area contributed by atoms with Crippen molar-refractivity contribution < 1.29 is 14.5 Å². The molecule has 3 aromatic rings. The van der Waals surface area contributed by atoms with Crippen molar-refractivity contribution in [2.45, 2.75) is 20.0 Å². The fourth-order valence-electron chi connectivity index (χ4n) is 2.75. The number of nitrogens with two attached hydrogens (primary N) is 1. The molecule has 23 heavy (non-hydrogen) atoms. The van der Waals surface area contributed by atoms with Crippen LogP contribution in [0.1, 0.15) is 17.0 Å². The van der Waals surface area contributed by atoms with Gasteiger partial charge in [-0.25, -0.2) is 4.79 Å². The summed E-state index contributed by atoms with van der Waals surface area (Å²) in [7, 11) is 3.66. The summed E-state index contributed by atoms with van der Waals surface area (Å²) in [4.78, 5) is 11.8. The number of benzene rings is 1. The van der Waals surface area contributed by atoms with E-state index in [1.807, 2.05) is 12.1 Å². The Bertz CT molecular complexity index is 893. The van der Waals surface area contributed by atoms with Gasteiger partial charge in [-0.3, -0.25) is 0 Å². The van der Waals surface area contributed by atoms with Gasteiger partial charge < -0.3 is 19.0 Å². The van der Waals surface area contributed by atoms with Gasteiger partial charge in [0.2, 0.25) is 0 Å². The van der Waals surface area contributed by atoms with Crippen LogP contribution in [-0.4, -0.2) is 11.7 Å². The molecule has 0 aliphatic heterocycles. The predicted octanol–water partition coefficient (Wildman–Crippen LogP) is 1.71. The first-order chi connectivity index (χ1) is 11.1. The molecule has 3 rings (SSSR count). The van der Waals surface area contributed by atoms with Crippen LogP contribution in [0.25, 0.3) is 11.0 Å². The van der Waals surface area contributed by atoms with E-state index in [-0.39, 0.29) is 5.63 Å². The molecule has 0 bridgehead atoms. The maximum absolute atomic E-state index is 11.8. The minimum atomic E-state index is -0.330. The molecule has 2 aromatic heterocycles. The maximum atomic E-state index is 11.8. The minimum absolute atomic E-state index is 0.330. The number of quaternary nitrogens is 1. The number of aromatic nitrogens is 1. The zero-order valence-corrected chi connectivity index (χ0v) is 13.6. The van der Waals surface area contributed by atoms with E-state index in [2.05, 4.69) is 36.0 Å². The van der Waals surface area contributed by atoms with E-state index < -0.39 is 0 Å². The van der Waals surface area contributed by atoms with E-state index in [1.54, 1.807) is 19.2 Å². The summed E-state index contributed by atoms with van der Waals surface area (Å²) in [5, 5.41) is 3.14. The average molecular weight is 313 g/mol. The molecule has 2 N–H and O–H groups in total. The molecule has 120 valence electrons. The van der Waals surface area contributed by atoms with Crippen LogP contribution in [0.15, 0.2) is 45.6 Å². The summed E-state index contributed by atoms with van der Waals surface area (Å²) in [5.41, 5.74) is 3.71. The number of aryl methyl sites for hydroxylation is 1. The molecule has 0 amide bonds. The highest BCUT2D eigenvalue weighted by Crippen LogP contribution is 2.21. The van der Waals surface area contributed by atoms with Crippen molar-refractivity contribution in [1.82, 2.24) is 4.57 Å². The maximum Gasteiger partial charge on any atom is 0.336 e. The van der Waals surface area contributed by atoms with E-state index in [4.69, 9.17) is 9.15 Å². The predicted molar refractivity (Wildman–Crippen MR) is 88.5 cm³/mol. The lowest BCUT2D eigenvalue weighted by atomic mass is 10.1. The molecule has 1 aromatic carbocycles. The Morgan fingerprint density at radius 1 is 1.17 bits per heavy atom. The molecule has 0 saturated heterocycles. The summed E-state index contributed by atoms with van der Waals surface area (Å²) in [5.74, 6) is 0.682. The molecule has 2 heterocycles.